The van der Waals surface area contributed by atoms with Crippen molar-refractivity contribution >= 4 is 11.6 Å². The molecule has 4 nitrogen and oxygen atoms in total. The second-order valence-corrected chi connectivity index (χ2v) is 5.46. The Morgan fingerprint density at radius 3 is 2.53 bits per heavy atom. The van der Waals surface area contributed by atoms with Gasteiger partial charge in [-0.2, -0.15) is 0 Å². The maximum Gasteiger partial charge on any atom is 0.238 e. The fourth-order valence-corrected chi connectivity index (χ4v) is 2.14. The second-order valence-electron chi connectivity index (χ2n) is 5.46. The summed E-state index contributed by atoms with van der Waals surface area (Å²) in [6.45, 7) is 5.21. The van der Waals surface area contributed by atoms with E-state index in [-0.39, 0.29) is 24.2 Å². The Hall–Kier alpha value is -1.46. The largest absolute Gasteiger partial charge is 0.387 e. The van der Waals surface area contributed by atoms with Gasteiger partial charge in [0.25, 0.3) is 0 Å². The normalized spacial score (nSPS) is 18.2. The van der Waals surface area contributed by atoms with Crippen molar-refractivity contribution in [2.24, 2.45) is 5.92 Å². The van der Waals surface area contributed by atoms with Gasteiger partial charge in [0.2, 0.25) is 5.91 Å². The Morgan fingerprint density at radius 1 is 1.42 bits per heavy atom. The molecule has 2 rings (SSSR count). The lowest BCUT2D eigenvalue weighted by molar-refractivity contribution is -0.139. The van der Waals surface area contributed by atoms with Gasteiger partial charge in [-0.1, -0.05) is 13.8 Å². The predicted molar refractivity (Wildman–Crippen MR) is 71.3 cm³/mol. The third-order valence-electron chi connectivity index (χ3n) is 3.56. The Labute approximate surface area is 112 Å². The van der Waals surface area contributed by atoms with Crippen LogP contribution in [0.5, 0.6) is 0 Å². The monoisotopic (exact) mass is 266 g/mol. The molecule has 1 aliphatic rings. The van der Waals surface area contributed by atoms with Crippen molar-refractivity contribution in [1.82, 2.24) is 4.90 Å². The molecule has 104 valence electrons. The van der Waals surface area contributed by atoms with Gasteiger partial charge in [-0.05, 0) is 30.2 Å². The maximum absolute atomic E-state index is 12.7. The number of β-amino-alcohol motifs (C(OH)–C–C–N with tert-alkyl or cyclic N) is 1. The molecule has 0 bridgehead atoms. The molecule has 0 aliphatic carbocycles. The first kappa shape index (κ1) is 14.0. The second kappa shape index (κ2) is 5.27. The molecule has 1 amide bonds. The van der Waals surface area contributed by atoms with Crippen LogP contribution in [0, 0.1) is 11.7 Å². The number of nitrogens with one attached hydrogen (secondary N) is 1. The average molecular weight is 266 g/mol. The number of hydrogen-bond donors (Lipinski definition) is 2. The molecule has 0 radical (unpaired) electrons. The van der Waals surface area contributed by atoms with Gasteiger partial charge in [-0.3, -0.25) is 9.69 Å². The molecular formula is C14H19FN2O2. The van der Waals surface area contributed by atoms with Gasteiger partial charge in [0.15, 0.2) is 0 Å². The number of rotatable bonds is 4. The highest BCUT2D eigenvalue weighted by Crippen LogP contribution is 2.28. The zero-order valence-electron chi connectivity index (χ0n) is 11.2. The Bertz CT molecular complexity index is 453. The summed E-state index contributed by atoms with van der Waals surface area (Å²) >= 11 is 0. The van der Waals surface area contributed by atoms with Crippen LogP contribution in [-0.4, -0.2) is 41.1 Å². The maximum atomic E-state index is 12.7. The van der Waals surface area contributed by atoms with Gasteiger partial charge in [-0.15, -0.1) is 0 Å². The molecule has 19 heavy (non-hydrogen) atoms. The number of aliphatic hydroxyl groups is 1. The van der Waals surface area contributed by atoms with Crippen LogP contribution in [0.1, 0.15) is 13.8 Å². The Kier molecular flexibility index (Phi) is 3.87. The summed E-state index contributed by atoms with van der Waals surface area (Å²) in [6.07, 6.45) is 0. The van der Waals surface area contributed by atoms with E-state index < -0.39 is 5.60 Å². The number of carbonyl (C=O) groups is 1. The third-order valence-corrected chi connectivity index (χ3v) is 3.56. The molecule has 1 aliphatic heterocycles. The molecule has 0 spiro atoms. The van der Waals surface area contributed by atoms with Crippen molar-refractivity contribution in [3.05, 3.63) is 30.1 Å². The van der Waals surface area contributed by atoms with Gasteiger partial charge in [0, 0.05) is 18.8 Å². The van der Waals surface area contributed by atoms with E-state index in [0.717, 1.165) is 0 Å². The van der Waals surface area contributed by atoms with E-state index >= 15 is 0 Å². The fraction of sp³-hybridized carbons (Fsp3) is 0.500. The first-order chi connectivity index (χ1) is 8.89. The number of amides is 1. The minimum absolute atomic E-state index is 0.155. The summed E-state index contributed by atoms with van der Waals surface area (Å²) in [5.74, 6) is -0.302. The first-order valence-corrected chi connectivity index (χ1v) is 6.39. The van der Waals surface area contributed by atoms with E-state index in [1.807, 2.05) is 18.7 Å². The van der Waals surface area contributed by atoms with Crippen LogP contribution >= 0.6 is 0 Å². The summed E-state index contributed by atoms with van der Waals surface area (Å²) in [6, 6.07) is 5.65. The summed E-state index contributed by atoms with van der Waals surface area (Å²) in [7, 11) is 0. The van der Waals surface area contributed by atoms with Gasteiger partial charge in [0.1, 0.15) is 5.82 Å². The zero-order valence-corrected chi connectivity index (χ0v) is 11.2. The van der Waals surface area contributed by atoms with E-state index in [9.17, 15) is 14.3 Å². The highest BCUT2D eigenvalue weighted by molar-refractivity contribution is 5.92. The topological polar surface area (TPSA) is 52.6 Å². The van der Waals surface area contributed by atoms with Crippen LogP contribution in [0.15, 0.2) is 24.3 Å². The van der Waals surface area contributed by atoms with Gasteiger partial charge in [-0.25, -0.2) is 4.39 Å². The number of carbonyl (C=O) groups excluding carboxylic acids is 1. The van der Waals surface area contributed by atoms with E-state index in [1.54, 1.807) is 0 Å². The lowest BCUT2D eigenvalue weighted by Gasteiger charge is -2.48. The number of halogens is 1. The summed E-state index contributed by atoms with van der Waals surface area (Å²) in [4.78, 5) is 13.6. The number of hydrogen-bond acceptors (Lipinski definition) is 3. The van der Waals surface area contributed by atoms with Crippen molar-refractivity contribution in [3.63, 3.8) is 0 Å². The predicted octanol–water partition coefficient (Wildman–Crippen LogP) is 1.47. The number of likely N-dealkylation sites (tertiary alicyclic amines) is 1. The molecule has 1 aromatic carbocycles. The highest BCUT2D eigenvalue weighted by atomic mass is 19.1. The molecule has 2 N–H and O–H groups in total. The number of nitrogens with zero attached hydrogens (tertiary/aromatic N) is 1. The van der Waals surface area contributed by atoms with E-state index in [0.29, 0.717) is 18.8 Å². The van der Waals surface area contributed by atoms with Crippen molar-refractivity contribution < 1.29 is 14.3 Å². The number of anilines is 1. The third kappa shape index (κ3) is 3.30. The fourth-order valence-electron chi connectivity index (χ4n) is 2.14. The van der Waals surface area contributed by atoms with Crippen LogP contribution in [-0.2, 0) is 4.79 Å². The van der Waals surface area contributed by atoms with Crippen molar-refractivity contribution in [2.75, 3.05) is 25.0 Å². The Balaban J connectivity index is 1.79. The molecule has 1 aromatic rings. The van der Waals surface area contributed by atoms with Crippen LogP contribution in [0.25, 0.3) is 0 Å². The smallest absolute Gasteiger partial charge is 0.238 e. The molecule has 0 atom stereocenters. The highest BCUT2D eigenvalue weighted by Gasteiger charge is 2.43. The average Bonchev–Trinajstić information content (AvgIpc) is 2.29. The van der Waals surface area contributed by atoms with Gasteiger partial charge in [0.05, 0.1) is 12.1 Å². The minimum atomic E-state index is -0.670. The van der Waals surface area contributed by atoms with Gasteiger partial charge >= 0.3 is 0 Å². The van der Waals surface area contributed by atoms with Gasteiger partial charge < -0.3 is 10.4 Å². The molecule has 5 heteroatoms. The summed E-state index contributed by atoms with van der Waals surface area (Å²) in [5, 5.41) is 12.8. The van der Waals surface area contributed by atoms with Crippen molar-refractivity contribution in [2.45, 2.75) is 19.4 Å². The van der Waals surface area contributed by atoms with Crippen LogP contribution in [0.3, 0.4) is 0 Å². The quantitative estimate of drug-likeness (QED) is 0.867. The molecule has 1 saturated heterocycles. The SMILES string of the molecule is CC(C)C1(O)CN(CC(=O)Nc2ccc(F)cc2)C1. The van der Waals surface area contributed by atoms with Crippen molar-refractivity contribution in [3.8, 4) is 0 Å². The van der Waals surface area contributed by atoms with E-state index in [1.165, 1.54) is 24.3 Å². The van der Waals surface area contributed by atoms with Crippen LogP contribution < -0.4 is 5.32 Å². The van der Waals surface area contributed by atoms with Crippen molar-refractivity contribution in [1.29, 1.82) is 0 Å². The first-order valence-electron chi connectivity index (χ1n) is 6.39. The minimum Gasteiger partial charge on any atom is -0.387 e. The lowest BCUT2D eigenvalue weighted by atomic mass is 9.83. The molecule has 1 heterocycles. The summed E-state index contributed by atoms with van der Waals surface area (Å²) in [5.41, 5.74) is -0.0954. The Morgan fingerprint density at radius 2 is 2.00 bits per heavy atom. The lowest BCUT2D eigenvalue weighted by Crippen LogP contribution is -2.65. The zero-order chi connectivity index (χ0) is 14.0. The standard InChI is InChI=1S/C14H19FN2O2/c1-10(2)14(19)8-17(9-14)7-13(18)16-12-5-3-11(15)4-6-12/h3-6,10,19H,7-9H2,1-2H3,(H,16,18). The van der Waals surface area contributed by atoms with Crippen LogP contribution in [0.4, 0.5) is 10.1 Å². The molecule has 0 unspecified atom stereocenters. The molecular weight excluding hydrogens is 247 g/mol. The number of benzene rings is 1. The molecule has 0 saturated carbocycles. The van der Waals surface area contributed by atoms with E-state index in [2.05, 4.69) is 5.32 Å². The summed E-state index contributed by atoms with van der Waals surface area (Å²) < 4.78 is 12.7. The molecule has 1 fully saturated rings. The van der Waals surface area contributed by atoms with E-state index in [4.69, 9.17) is 0 Å². The van der Waals surface area contributed by atoms with Crippen LogP contribution in [0.2, 0.25) is 0 Å². The molecule has 0 aromatic heterocycles.